The van der Waals surface area contributed by atoms with E-state index in [0.29, 0.717) is 24.3 Å². The number of carbonyl (C=O) groups excluding carboxylic acids is 1. The highest BCUT2D eigenvalue weighted by Gasteiger charge is 2.28. The average Bonchev–Trinajstić information content (AvgIpc) is 2.59. The van der Waals surface area contributed by atoms with Gasteiger partial charge in [-0.1, -0.05) is 0 Å². The number of nitrogens with zero attached hydrogens (tertiary/aromatic N) is 2. The van der Waals surface area contributed by atoms with Gasteiger partial charge in [0, 0.05) is 31.2 Å². The Kier molecular flexibility index (Phi) is 6.35. The van der Waals surface area contributed by atoms with Crippen LogP contribution in [0, 0.1) is 0 Å². The fraction of sp³-hybridized carbons (Fsp3) is 0.588. The van der Waals surface area contributed by atoms with Crippen molar-refractivity contribution >= 4 is 34.0 Å². The van der Waals surface area contributed by atoms with Crippen molar-refractivity contribution in [3.63, 3.8) is 0 Å². The van der Waals surface area contributed by atoms with Crippen molar-refractivity contribution in [1.82, 2.24) is 4.90 Å². The van der Waals surface area contributed by atoms with Crippen LogP contribution in [0.2, 0.25) is 0 Å². The Balaban J connectivity index is 0.00000225. The number of hydrogen-bond donors (Lipinski definition) is 1. The van der Waals surface area contributed by atoms with Crippen molar-refractivity contribution < 1.29 is 13.2 Å². The fourth-order valence-electron chi connectivity index (χ4n) is 3.72. The van der Waals surface area contributed by atoms with E-state index in [-0.39, 0.29) is 24.4 Å². The summed E-state index contributed by atoms with van der Waals surface area (Å²) in [7, 11) is -3.28. The van der Waals surface area contributed by atoms with Crippen molar-refractivity contribution in [3.05, 3.63) is 29.3 Å². The average molecular weight is 388 g/mol. The number of fused-ring (bicyclic) bond motifs is 1. The smallest absolute Gasteiger partial charge is 0.254 e. The first-order valence-electron chi connectivity index (χ1n) is 8.53. The summed E-state index contributed by atoms with van der Waals surface area (Å²) >= 11 is 0. The molecule has 1 fully saturated rings. The van der Waals surface area contributed by atoms with Gasteiger partial charge in [0.05, 0.1) is 11.9 Å². The zero-order valence-electron chi connectivity index (χ0n) is 14.5. The van der Waals surface area contributed by atoms with E-state index in [1.165, 1.54) is 10.6 Å². The minimum absolute atomic E-state index is 0. The first-order chi connectivity index (χ1) is 11.4. The SMILES string of the molecule is CS(=O)(=O)N1CCCc2cc(C(=O)N3CCCCC3CN)ccc21.Cl. The summed E-state index contributed by atoms with van der Waals surface area (Å²) in [6.45, 7) is 1.73. The largest absolute Gasteiger partial charge is 0.334 e. The van der Waals surface area contributed by atoms with Gasteiger partial charge in [0.15, 0.2) is 0 Å². The molecular formula is C17H26ClN3O3S. The van der Waals surface area contributed by atoms with E-state index in [1.54, 1.807) is 12.1 Å². The number of benzene rings is 1. The number of rotatable bonds is 3. The van der Waals surface area contributed by atoms with E-state index < -0.39 is 10.0 Å². The Morgan fingerprint density at radius 2 is 2.00 bits per heavy atom. The molecule has 0 saturated carbocycles. The summed E-state index contributed by atoms with van der Waals surface area (Å²) in [4.78, 5) is 14.7. The van der Waals surface area contributed by atoms with Crippen LogP contribution in [0.15, 0.2) is 18.2 Å². The van der Waals surface area contributed by atoms with E-state index in [0.717, 1.165) is 44.2 Å². The van der Waals surface area contributed by atoms with Crippen LogP contribution in [-0.4, -0.2) is 51.2 Å². The molecule has 3 rings (SSSR count). The van der Waals surface area contributed by atoms with Gasteiger partial charge in [-0.25, -0.2) is 8.42 Å². The first-order valence-corrected chi connectivity index (χ1v) is 10.4. The second kappa shape index (κ2) is 7.93. The van der Waals surface area contributed by atoms with Gasteiger partial charge in [-0.15, -0.1) is 12.4 Å². The highest BCUT2D eigenvalue weighted by Crippen LogP contribution is 2.30. The number of hydrogen-bond acceptors (Lipinski definition) is 4. The van der Waals surface area contributed by atoms with E-state index in [1.807, 2.05) is 11.0 Å². The van der Waals surface area contributed by atoms with E-state index in [9.17, 15) is 13.2 Å². The van der Waals surface area contributed by atoms with Gasteiger partial charge in [0.1, 0.15) is 0 Å². The number of carbonyl (C=O) groups is 1. The van der Waals surface area contributed by atoms with E-state index in [4.69, 9.17) is 5.73 Å². The maximum atomic E-state index is 12.9. The highest BCUT2D eigenvalue weighted by molar-refractivity contribution is 7.92. The van der Waals surface area contributed by atoms with Crippen molar-refractivity contribution in [2.24, 2.45) is 5.73 Å². The summed E-state index contributed by atoms with van der Waals surface area (Å²) in [5, 5.41) is 0. The molecule has 140 valence electrons. The van der Waals surface area contributed by atoms with Crippen molar-refractivity contribution in [3.8, 4) is 0 Å². The van der Waals surface area contributed by atoms with Crippen molar-refractivity contribution in [2.75, 3.05) is 30.2 Å². The van der Waals surface area contributed by atoms with Gasteiger partial charge in [-0.3, -0.25) is 9.10 Å². The molecular weight excluding hydrogens is 362 g/mol. The third-order valence-corrected chi connectivity index (χ3v) is 6.14. The number of sulfonamides is 1. The standard InChI is InChI=1S/C17H25N3O3S.ClH/c1-24(22,23)20-10-4-5-13-11-14(7-8-16(13)20)17(21)19-9-3-2-6-15(19)12-18;/h7-8,11,15H,2-6,9-10,12,18H2,1H3;1H. The first kappa shape index (κ1) is 20.0. The Morgan fingerprint density at radius 1 is 1.24 bits per heavy atom. The van der Waals surface area contributed by atoms with Crippen LogP contribution in [0.25, 0.3) is 0 Å². The lowest BCUT2D eigenvalue weighted by molar-refractivity contribution is 0.0623. The molecule has 1 saturated heterocycles. The second-order valence-electron chi connectivity index (χ2n) is 6.67. The van der Waals surface area contributed by atoms with Crippen LogP contribution in [0.5, 0.6) is 0 Å². The number of piperidine rings is 1. The quantitative estimate of drug-likeness (QED) is 0.856. The van der Waals surface area contributed by atoms with Gasteiger partial charge in [0.25, 0.3) is 5.91 Å². The predicted molar refractivity (Wildman–Crippen MR) is 102 cm³/mol. The molecule has 1 aromatic rings. The second-order valence-corrected chi connectivity index (χ2v) is 8.57. The predicted octanol–water partition coefficient (Wildman–Crippen LogP) is 1.77. The molecule has 1 unspecified atom stereocenters. The van der Waals surface area contributed by atoms with Gasteiger partial charge in [0.2, 0.25) is 10.0 Å². The maximum absolute atomic E-state index is 12.9. The van der Waals surface area contributed by atoms with Gasteiger partial charge in [-0.05, 0) is 55.9 Å². The third-order valence-electron chi connectivity index (χ3n) is 4.96. The van der Waals surface area contributed by atoms with Crippen LogP contribution in [-0.2, 0) is 16.4 Å². The molecule has 0 aliphatic carbocycles. The molecule has 1 amide bonds. The fourth-order valence-corrected chi connectivity index (χ4v) is 4.72. The van der Waals surface area contributed by atoms with E-state index >= 15 is 0 Å². The number of aryl methyl sites for hydroxylation is 1. The van der Waals surface area contributed by atoms with Crippen LogP contribution >= 0.6 is 12.4 Å². The topological polar surface area (TPSA) is 83.7 Å². The number of anilines is 1. The molecule has 1 aromatic carbocycles. The summed E-state index contributed by atoms with van der Waals surface area (Å²) in [6, 6.07) is 5.48. The Hall–Kier alpha value is -1.31. The Morgan fingerprint density at radius 3 is 2.68 bits per heavy atom. The molecule has 25 heavy (non-hydrogen) atoms. The van der Waals surface area contributed by atoms with Crippen LogP contribution < -0.4 is 10.0 Å². The minimum Gasteiger partial charge on any atom is -0.334 e. The van der Waals surface area contributed by atoms with E-state index in [2.05, 4.69) is 0 Å². The molecule has 0 radical (unpaired) electrons. The zero-order chi connectivity index (χ0) is 17.3. The number of halogens is 1. The summed E-state index contributed by atoms with van der Waals surface area (Å²) in [6.07, 6.45) is 5.86. The highest BCUT2D eigenvalue weighted by atomic mass is 35.5. The Labute approximate surface area is 155 Å². The summed E-state index contributed by atoms with van der Waals surface area (Å²) in [5.41, 5.74) is 8.08. The van der Waals surface area contributed by atoms with Crippen molar-refractivity contribution in [1.29, 1.82) is 0 Å². The molecule has 0 bridgehead atoms. The zero-order valence-corrected chi connectivity index (χ0v) is 16.1. The Bertz CT molecular complexity index is 739. The monoisotopic (exact) mass is 387 g/mol. The van der Waals surface area contributed by atoms with Gasteiger partial charge in [-0.2, -0.15) is 0 Å². The molecule has 0 spiro atoms. The molecule has 2 heterocycles. The molecule has 0 aromatic heterocycles. The molecule has 2 aliphatic rings. The normalized spacial score (nSPS) is 20.6. The summed E-state index contributed by atoms with van der Waals surface area (Å²) in [5.74, 6) is 0.00410. The molecule has 2 aliphatic heterocycles. The van der Waals surface area contributed by atoms with Crippen molar-refractivity contribution in [2.45, 2.75) is 38.1 Å². The van der Waals surface area contributed by atoms with Crippen LogP contribution in [0.3, 0.4) is 0 Å². The van der Waals surface area contributed by atoms with Crippen LogP contribution in [0.4, 0.5) is 5.69 Å². The summed E-state index contributed by atoms with van der Waals surface area (Å²) < 4.78 is 25.3. The minimum atomic E-state index is -3.28. The molecule has 1 atom stereocenters. The van der Waals surface area contributed by atoms with Crippen LogP contribution in [0.1, 0.15) is 41.6 Å². The number of nitrogens with two attached hydrogens (primary N) is 1. The third kappa shape index (κ3) is 4.10. The van der Waals surface area contributed by atoms with Gasteiger partial charge < -0.3 is 10.6 Å². The molecule has 8 heteroatoms. The number of amides is 1. The lowest BCUT2D eigenvalue weighted by Gasteiger charge is -2.35. The number of likely N-dealkylation sites (tertiary alicyclic amines) is 1. The lowest BCUT2D eigenvalue weighted by atomic mass is 9.98. The molecule has 6 nitrogen and oxygen atoms in total. The lowest BCUT2D eigenvalue weighted by Crippen LogP contribution is -2.47. The maximum Gasteiger partial charge on any atom is 0.254 e. The molecule has 2 N–H and O–H groups in total. The van der Waals surface area contributed by atoms with Gasteiger partial charge >= 0.3 is 0 Å².